The second-order valence-electron chi connectivity index (χ2n) is 3.85. The number of benzene rings is 1. The van der Waals surface area contributed by atoms with Crippen LogP contribution in [0.4, 0.5) is 17.1 Å². The number of nitrogens with zero attached hydrogens (tertiary/aromatic N) is 1. The lowest BCUT2D eigenvalue weighted by Crippen LogP contribution is -1.98. The first-order valence-corrected chi connectivity index (χ1v) is 5.92. The van der Waals surface area contributed by atoms with Crippen LogP contribution in [0, 0.1) is 0 Å². The van der Waals surface area contributed by atoms with E-state index in [4.69, 9.17) is 4.74 Å². The van der Waals surface area contributed by atoms with Gasteiger partial charge in [0.05, 0.1) is 30.9 Å². The highest BCUT2D eigenvalue weighted by Crippen LogP contribution is 2.21. The zero-order valence-electron chi connectivity index (χ0n) is 10.6. The van der Waals surface area contributed by atoms with Gasteiger partial charge in [0, 0.05) is 12.2 Å². The molecule has 0 aliphatic carbocycles. The van der Waals surface area contributed by atoms with Gasteiger partial charge in [0.1, 0.15) is 5.75 Å². The van der Waals surface area contributed by atoms with E-state index in [9.17, 15) is 0 Å². The van der Waals surface area contributed by atoms with Crippen molar-refractivity contribution in [2.75, 3.05) is 24.3 Å². The minimum atomic E-state index is 0.847. The van der Waals surface area contributed by atoms with Gasteiger partial charge in [-0.2, -0.15) is 0 Å². The summed E-state index contributed by atoms with van der Waals surface area (Å²) in [4.78, 5) is 4.18. The molecule has 0 aliphatic rings. The van der Waals surface area contributed by atoms with E-state index in [1.807, 2.05) is 36.5 Å². The van der Waals surface area contributed by atoms with E-state index in [0.29, 0.717) is 0 Å². The van der Waals surface area contributed by atoms with Crippen molar-refractivity contribution in [1.29, 1.82) is 0 Å². The van der Waals surface area contributed by atoms with Crippen molar-refractivity contribution in [3.05, 3.63) is 42.7 Å². The Labute approximate surface area is 107 Å². The maximum Gasteiger partial charge on any atom is 0.119 e. The van der Waals surface area contributed by atoms with Gasteiger partial charge in [-0.25, -0.2) is 0 Å². The van der Waals surface area contributed by atoms with Crippen LogP contribution in [0.5, 0.6) is 5.75 Å². The first kappa shape index (κ1) is 12.2. The normalized spacial score (nSPS) is 9.89. The van der Waals surface area contributed by atoms with Crippen LogP contribution in [0.25, 0.3) is 0 Å². The van der Waals surface area contributed by atoms with Crippen molar-refractivity contribution in [3.8, 4) is 5.75 Å². The molecular formula is C14H17N3O. The minimum Gasteiger partial charge on any atom is -0.497 e. The van der Waals surface area contributed by atoms with E-state index < -0.39 is 0 Å². The average molecular weight is 243 g/mol. The molecule has 18 heavy (non-hydrogen) atoms. The van der Waals surface area contributed by atoms with Crippen LogP contribution in [0.2, 0.25) is 0 Å². The van der Waals surface area contributed by atoms with Crippen LogP contribution in [0.3, 0.4) is 0 Å². The Morgan fingerprint density at radius 2 is 1.78 bits per heavy atom. The van der Waals surface area contributed by atoms with Crippen molar-refractivity contribution < 1.29 is 4.74 Å². The molecule has 1 heterocycles. The number of pyridine rings is 1. The van der Waals surface area contributed by atoms with Crippen LogP contribution in [0.1, 0.15) is 6.92 Å². The maximum atomic E-state index is 5.12. The molecule has 0 atom stereocenters. The molecule has 0 fully saturated rings. The third-order valence-corrected chi connectivity index (χ3v) is 2.50. The summed E-state index contributed by atoms with van der Waals surface area (Å²) in [5.41, 5.74) is 2.97. The molecule has 2 aromatic rings. The Bertz CT molecular complexity index is 497. The topological polar surface area (TPSA) is 46.2 Å². The molecule has 0 radical (unpaired) electrons. The van der Waals surface area contributed by atoms with Crippen molar-refractivity contribution >= 4 is 17.1 Å². The molecule has 2 N–H and O–H groups in total. The van der Waals surface area contributed by atoms with Gasteiger partial charge in [-0.3, -0.25) is 4.98 Å². The summed E-state index contributed by atoms with van der Waals surface area (Å²) in [6.07, 6.45) is 3.60. The third-order valence-electron chi connectivity index (χ3n) is 2.50. The largest absolute Gasteiger partial charge is 0.497 e. The summed E-state index contributed by atoms with van der Waals surface area (Å²) in [6.45, 7) is 2.94. The van der Waals surface area contributed by atoms with E-state index in [0.717, 1.165) is 29.4 Å². The average Bonchev–Trinajstić information content (AvgIpc) is 2.40. The fourth-order valence-corrected chi connectivity index (χ4v) is 1.65. The van der Waals surface area contributed by atoms with Crippen LogP contribution in [0.15, 0.2) is 42.7 Å². The van der Waals surface area contributed by atoms with Gasteiger partial charge in [0.25, 0.3) is 0 Å². The number of ether oxygens (including phenoxy) is 1. The highest BCUT2D eigenvalue weighted by atomic mass is 16.5. The molecular weight excluding hydrogens is 226 g/mol. The van der Waals surface area contributed by atoms with Gasteiger partial charge in [0.15, 0.2) is 0 Å². The SMILES string of the molecule is CCNc1cncc(Nc2ccc(OC)cc2)c1. The summed E-state index contributed by atoms with van der Waals surface area (Å²) in [5, 5.41) is 6.53. The quantitative estimate of drug-likeness (QED) is 0.846. The van der Waals surface area contributed by atoms with E-state index in [1.54, 1.807) is 13.3 Å². The summed E-state index contributed by atoms with van der Waals surface area (Å²) >= 11 is 0. The number of hydrogen-bond donors (Lipinski definition) is 2. The number of nitrogens with one attached hydrogen (secondary N) is 2. The molecule has 0 aliphatic heterocycles. The fourth-order valence-electron chi connectivity index (χ4n) is 1.65. The van der Waals surface area contributed by atoms with E-state index in [1.165, 1.54) is 0 Å². The van der Waals surface area contributed by atoms with Crippen LogP contribution in [-0.4, -0.2) is 18.6 Å². The second kappa shape index (κ2) is 5.91. The highest BCUT2D eigenvalue weighted by Gasteiger charge is 1.98. The predicted molar refractivity (Wildman–Crippen MR) is 74.7 cm³/mol. The predicted octanol–water partition coefficient (Wildman–Crippen LogP) is 3.27. The van der Waals surface area contributed by atoms with E-state index in [2.05, 4.69) is 22.5 Å². The Morgan fingerprint density at radius 3 is 2.44 bits per heavy atom. The molecule has 94 valence electrons. The number of hydrogen-bond acceptors (Lipinski definition) is 4. The van der Waals surface area contributed by atoms with Crippen LogP contribution < -0.4 is 15.4 Å². The first-order chi connectivity index (χ1) is 8.81. The zero-order valence-corrected chi connectivity index (χ0v) is 10.6. The maximum absolute atomic E-state index is 5.12. The molecule has 0 amide bonds. The summed E-state index contributed by atoms with van der Waals surface area (Å²) in [7, 11) is 1.66. The molecule has 4 nitrogen and oxygen atoms in total. The van der Waals surface area contributed by atoms with Crippen molar-refractivity contribution in [1.82, 2.24) is 4.98 Å². The van der Waals surface area contributed by atoms with Gasteiger partial charge in [0.2, 0.25) is 0 Å². The molecule has 0 saturated heterocycles. The molecule has 0 bridgehead atoms. The smallest absolute Gasteiger partial charge is 0.119 e. The minimum absolute atomic E-state index is 0.847. The Balaban J connectivity index is 2.09. The number of aromatic nitrogens is 1. The Kier molecular flexibility index (Phi) is 4.02. The monoisotopic (exact) mass is 243 g/mol. The van der Waals surface area contributed by atoms with E-state index in [-0.39, 0.29) is 0 Å². The summed E-state index contributed by atoms with van der Waals surface area (Å²) < 4.78 is 5.12. The zero-order chi connectivity index (χ0) is 12.8. The molecule has 0 spiro atoms. The van der Waals surface area contributed by atoms with Crippen molar-refractivity contribution in [3.63, 3.8) is 0 Å². The molecule has 1 aromatic heterocycles. The lowest BCUT2D eigenvalue weighted by Gasteiger charge is -2.09. The first-order valence-electron chi connectivity index (χ1n) is 5.92. The lowest BCUT2D eigenvalue weighted by molar-refractivity contribution is 0.415. The lowest BCUT2D eigenvalue weighted by atomic mass is 10.3. The van der Waals surface area contributed by atoms with Crippen molar-refractivity contribution in [2.45, 2.75) is 6.92 Å². The number of methoxy groups -OCH3 is 1. The van der Waals surface area contributed by atoms with Gasteiger partial charge in [-0.15, -0.1) is 0 Å². The number of rotatable bonds is 5. The van der Waals surface area contributed by atoms with Crippen LogP contribution in [-0.2, 0) is 0 Å². The summed E-state index contributed by atoms with van der Waals surface area (Å²) in [5.74, 6) is 0.847. The molecule has 4 heteroatoms. The molecule has 2 rings (SSSR count). The standard InChI is InChI=1S/C14H17N3O/c1-3-16-12-8-13(10-15-9-12)17-11-4-6-14(18-2)7-5-11/h4-10,16-17H,3H2,1-2H3. The second-order valence-corrected chi connectivity index (χ2v) is 3.85. The molecule has 0 saturated carbocycles. The van der Waals surface area contributed by atoms with Crippen molar-refractivity contribution in [2.24, 2.45) is 0 Å². The highest BCUT2D eigenvalue weighted by molar-refractivity contribution is 5.63. The van der Waals surface area contributed by atoms with Crippen LogP contribution >= 0.6 is 0 Å². The third kappa shape index (κ3) is 3.13. The Hall–Kier alpha value is -2.23. The van der Waals surface area contributed by atoms with Gasteiger partial charge in [-0.05, 0) is 37.3 Å². The van der Waals surface area contributed by atoms with Gasteiger partial charge >= 0.3 is 0 Å². The van der Waals surface area contributed by atoms with Gasteiger partial charge < -0.3 is 15.4 Å². The Morgan fingerprint density at radius 1 is 1.06 bits per heavy atom. The fraction of sp³-hybridized carbons (Fsp3) is 0.214. The van der Waals surface area contributed by atoms with E-state index >= 15 is 0 Å². The number of anilines is 3. The molecule has 0 unspecified atom stereocenters. The molecule has 1 aromatic carbocycles. The van der Waals surface area contributed by atoms with Gasteiger partial charge in [-0.1, -0.05) is 0 Å². The summed E-state index contributed by atoms with van der Waals surface area (Å²) in [6, 6.07) is 9.81.